The number of amides is 1. The molecule has 134 valence electrons. The van der Waals surface area contributed by atoms with Gasteiger partial charge in [-0.1, -0.05) is 32.9 Å². The second-order valence-electron chi connectivity index (χ2n) is 7.26. The molecule has 5 heteroatoms. The number of carbonyl (C=O) groups excluding carboxylic acids is 1. The van der Waals surface area contributed by atoms with Crippen molar-refractivity contribution in [2.75, 3.05) is 39.0 Å². The molecule has 4 nitrogen and oxygen atoms in total. The Kier molecular flexibility index (Phi) is 6.99. The van der Waals surface area contributed by atoms with E-state index in [9.17, 15) is 4.79 Å². The monoisotopic (exact) mass is 350 g/mol. The highest BCUT2D eigenvalue weighted by Gasteiger charge is 2.21. The Balaban J connectivity index is 1.82. The molecule has 1 aliphatic heterocycles. The lowest BCUT2D eigenvalue weighted by molar-refractivity contribution is -0.128. The summed E-state index contributed by atoms with van der Waals surface area (Å²) in [6.07, 6.45) is 1.04. The highest BCUT2D eigenvalue weighted by atomic mass is 32.2. The van der Waals surface area contributed by atoms with Gasteiger partial charge < -0.3 is 9.64 Å². The van der Waals surface area contributed by atoms with Crippen molar-refractivity contribution in [3.63, 3.8) is 0 Å². The number of ether oxygens (including phenoxy) is 1. The van der Waals surface area contributed by atoms with Gasteiger partial charge >= 0.3 is 0 Å². The van der Waals surface area contributed by atoms with Gasteiger partial charge in [0, 0.05) is 37.5 Å². The molecule has 1 aromatic rings. The first-order valence-corrected chi connectivity index (χ1v) is 9.63. The Morgan fingerprint density at radius 1 is 1.12 bits per heavy atom. The molecular formula is C19H30N2O2S. The number of carbonyl (C=O) groups is 1. The summed E-state index contributed by atoms with van der Waals surface area (Å²) in [6.45, 7) is 11.1. The van der Waals surface area contributed by atoms with Crippen LogP contribution in [0, 0.1) is 0 Å². The molecule has 0 bridgehead atoms. The van der Waals surface area contributed by atoms with Crippen LogP contribution in [0.2, 0.25) is 0 Å². The zero-order chi connectivity index (χ0) is 17.6. The first kappa shape index (κ1) is 19.1. The van der Waals surface area contributed by atoms with Crippen molar-refractivity contribution in [3.05, 3.63) is 29.8 Å². The summed E-state index contributed by atoms with van der Waals surface area (Å²) in [5.74, 6) is 1.76. The van der Waals surface area contributed by atoms with E-state index in [4.69, 9.17) is 4.74 Å². The highest BCUT2D eigenvalue weighted by molar-refractivity contribution is 8.01. The molecule has 1 fully saturated rings. The number of thioether (sulfide) groups is 1. The molecule has 0 aliphatic carbocycles. The van der Waals surface area contributed by atoms with Gasteiger partial charge in [0.15, 0.2) is 0 Å². The summed E-state index contributed by atoms with van der Waals surface area (Å²) < 4.78 is 5.35. The second-order valence-corrected chi connectivity index (χ2v) is 9.06. The number of nitrogens with zero attached hydrogens (tertiary/aromatic N) is 2. The predicted octanol–water partition coefficient (Wildman–Crippen LogP) is 3.26. The van der Waals surface area contributed by atoms with Crippen molar-refractivity contribution in [2.45, 2.75) is 38.5 Å². The number of methoxy groups -OCH3 is 1. The summed E-state index contributed by atoms with van der Waals surface area (Å²) in [6, 6.07) is 8.25. The van der Waals surface area contributed by atoms with Gasteiger partial charge in [-0.05, 0) is 24.1 Å². The summed E-state index contributed by atoms with van der Waals surface area (Å²) in [5, 5.41) is 0. The molecule has 0 atom stereocenters. The molecular weight excluding hydrogens is 320 g/mol. The average molecular weight is 351 g/mol. The van der Waals surface area contributed by atoms with Crippen molar-refractivity contribution < 1.29 is 9.53 Å². The topological polar surface area (TPSA) is 32.8 Å². The summed E-state index contributed by atoms with van der Waals surface area (Å²) in [4.78, 5) is 16.9. The van der Waals surface area contributed by atoms with Crippen LogP contribution >= 0.6 is 11.8 Å². The van der Waals surface area contributed by atoms with E-state index in [0.717, 1.165) is 44.9 Å². The minimum atomic E-state index is 0.141. The van der Waals surface area contributed by atoms with Crippen molar-refractivity contribution in [2.24, 2.45) is 0 Å². The van der Waals surface area contributed by atoms with Crippen molar-refractivity contribution in [1.29, 1.82) is 0 Å². The van der Waals surface area contributed by atoms with Crippen LogP contribution in [0.4, 0.5) is 0 Å². The Morgan fingerprint density at radius 2 is 1.83 bits per heavy atom. The first-order valence-electron chi connectivity index (χ1n) is 8.64. The molecule has 1 heterocycles. The van der Waals surface area contributed by atoms with E-state index in [1.165, 1.54) is 5.56 Å². The van der Waals surface area contributed by atoms with Crippen LogP contribution in [0.5, 0.6) is 5.75 Å². The fourth-order valence-corrected chi connectivity index (χ4v) is 3.48. The molecule has 24 heavy (non-hydrogen) atoms. The van der Waals surface area contributed by atoms with Gasteiger partial charge in [0.25, 0.3) is 0 Å². The van der Waals surface area contributed by atoms with Crippen LogP contribution in [0.15, 0.2) is 24.3 Å². The van der Waals surface area contributed by atoms with Crippen LogP contribution in [-0.2, 0) is 11.3 Å². The Labute approximate surface area is 150 Å². The summed E-state index contributed by atoms with van der Waals surface area (Å²) in [5.41, 5.74) is 1.29. The minimum Gasteiger partial charge on any atom is -0.497 e. The number of benzene rings is 1. The van der Waals surface area contributed by atoms with Gasteiger partial charge in [-0.25, -0.2) is 0 Å². The zero-order valence-electron chi connectivity index (χ0n) is 15.4. The third kappa shape index (κ3) is 6.36. The van der Waals surface area contributed by atoms with Gasteiger partial charge in [-0.15, -0.1) is 11.8 Å². The average Bonchev–Trinajstić information content (AvgIpc) is 2.78. The molecule has 0 N–H and O–H groups in total. The molecule has 1 amide bonds. The Morgan fingerprint density at radius 3 is 2.46 bits per heavy atom. The Bertz CT molecular complexity index is 525. The molecule has 2 rings (SSSR count). The van der Waals surface area contributed by atoms with Gasteiger partial charge in [0.2, 0.25) is 5.91 Å². The zero-order valence-corrected chi connectivity index (χ0v) is 16.2. The maximum Gasteiger partial charge on any atom is 0.232 e. The standard InChI is InChI=1S/C19H30N2O2S/c1-19(2,3)24-15-18(22)21-11-5-10-20(12-13-21)14-16-6-8-17(23-4)9-7-16/h6-9H,5,10-15H2,1-4H3. The van der Waals surface area contributed by atoms with Gasteiger partial charge in [-0.2, -0.15) is 0 Å². The fraction of sp³-hybridized carbons (Fsp3) is 0.632. The van der Waals surface area contributed by atoms with Gasteiger partial charge in [-0.3, -0.25) is 9.69 Å². The largest absolute Gasteiger partial charge is 0.497 e. The van der Waals surface area contributed by atoms with E-state index in [0.29, 0.717) is 5.75 Å². The van der Waals surface area contributed by atoms with E-state index in [1.54, 1.807) is 18.9 Å². The SMILES string of the molecule is COc1ccc(CN2CCCN(C(=O)CSC(C)(C)C)CC2)cc1. The third-order valence-electron chi connectivity index (χ3n) is 4.14. The molecule has 0 radical (unpaired) electrons. The molecule has 1 aromatic carbocycles. The van der Waals surface area contributed by atoms with Gasteiger partial charge in [0.1, 0.15) is 5.75 Å². The minimum absolute atomic E-state index is 0.141. The number of hydrogen-bond donors (Lipinski definition) is 0. The number of rotatable bonds is 5. The van der Waals surface area contributed by atoms with E-state index in [2.05, 4.69) is 37.8 Å². The van der Waals surface area contributed by atoms with Crippen LogP contribution in [0.25, 0.3) is 0 Å². The van der Waals surface area contributed by atoms with Crippen molar-refractivity contribution >= 4 is 17.7 Å². The lowest BCUT2D eigenvalue weighted by Gasteiger charge is -2.24. The molecule has 0 saturated carbocycles. The van der Waals surface area contributed by atoms with E-state index >= 15 is 0 Å². The van der Waals surface area contributed by atoms with Crippen molar-refractivity contribution in [1.82, 2.24) is 9.80 Å². The van der Waals surface area contributed by atoms with E-state index < -0.39 is 0 Å². The quantitative estimate of drug-likeness (QED) is 0.816. The summed E-state index contributed by atoms with van der Waals surface area (Å²) in [7, 11) is 1.69. The molecule has 1 saturated heterocycles. The molecule has 0 unspecified atom stereocenters. The maximum atomic E-state index is 12.4. The fourth-order valence-electron chi connectivity index (χ4n) is 2.74. The van der Waals surface area contributed by atoms with Crippen LogP contribution in [-0.4, -0.2) is 59.5 Å². The van der Waals surface area contributed by atoms with E-state index in [-0.39, 0.29) is 10.7 Å². The lowest BCUT2D eigenvalue weighted by atomic mass is 10.2. The van der Waals surface area contributed by atoms with E-state index in [1.807, 2.05) is 17.0 Å². The predicted molar refractivity (Wildman–Crippen MR) is 102 cm³/mol. The first-order chi connectivity index (χ1) is 11.4. The summed E-state index contributed by atoms with van der Waals surface area (Å²) >= 11 is 1.73. The molecule has 0 aromatic heterocycles. The number of hydrogen-bond acceptors (Lipinski definition) is 4. The smallest absolute Gasteiger partial charge is 0.232 e. The second kappa shape index (κ2) is 8.77. The van der Waals surface area contributed by atoms with Crippen LogP contribution in [0.1, 0.15) is 32.8 Å². The van der Waals surface area contributed by atoms with Gasteiger partial charge in [0.05, 0.1) is 12.9 Å². The molecule has 1 aliphatic rings. The maximum absolute atomic E-state index is 12.4. The Hall–Kier alpha value is -1.20. The van der Waals surface area contributed by atoms with Crippen LogP contribution in [0.3, 0.4) is 0 Å². The third-order valence-corrected chi connectivity index (χ3v) is 5.39. The van der Waals surface area contributed by atoms with Crippen molar-refractivity contribution in [3.8, 4) is 5.75 Å². The van der Waals surface area contributed by atoms with Crippen LogP contribution < -0.4 is 4.74 Å². The molecule has 0 spiro atoms. The highest BCUT2D eigenvalue weighted by Crippen LogP contribution is 2.23. The normalized spacial score (nSPS) is 16.8. The lowest BCUT2D eigenvalue weighted by Crippen LogP contribution is -2.36.